The Morgan fingerprint density at radius 1 is 1.40 bits per heavy atom. The Kier molecular flexibility index (Phi) is 4.03. The van der Waals surface area contributed by atoms with Gasteiger partial charge in [0.2, 0.25) is 11.8 Å². The van der Waals surface area contributed by atoms with Crippen LogP contribution in [0.25, 0.3) is 0 Å². The van der Waals surface area contributed by atoms with Gasteiger partial charge < -0.3 is 14.5 Å². The lowest BCUT2D eigenvalue weighted by molar-refractivity contribution is -0.159. The first kappa shape index (κ1) is 13.6. The van der Waals surface area contributed by atoms with Gasteiger partial charge in [-0.2, -0.15) is 0 Å². The van der Waals surface area contributed by atoms with Gasteiger partial charge in [0.05, 0.1) is 13.2 Å². The molecule has 0 bridgehead atoms. The molecule has 6 heteroatoms. The summed E-state index contributed by atoms with van der Waals surface area (Å²) in [5.41, 5.74) is 0. The van der Waals surface area contributed by atoms with Crippen molar-refractivity contribution in [1.82, 2.24) is 9.80 Å². The number of amides is 2. The van der Waals surface area contributed by atoms with Gasteiger partial charge in [0.25, 0.3) is 0 Å². The largest absolute Gasteiger partial charge is 0.369 e. The predicted molar refractivity (Wildman–Crippen MR) is 75.3 cm³/mol. The van der Waals surface area contributed by atoms with E-state index in [1.165, 1.54) is 0 Å². The molecule has 5 nitrogen and oxygen atoms in total. The average Bonchev–Trinajstić information content (AvgIpc) is 3.12. The Morgan fingerprint density at radius 3 is 2.90 bits per heavy atom. The molecule has 1 aromatic rings. The van der Waals surface area contributed by atoms with Crippen molar-refractivity contribution in [3.05, 3.63) is 22.4 Å². The quantitative estimate of drug-likeness (QED) is 0.839. The van der Waals surface area contributed by atoms with Crippen LogP contribution in [0.4, 0.5) is 0 Å². The van der Waals surface area contributed by atoms with Gasteiger partial charge in [0.15, 0.2) is 0 Å². The van der Waals surface area contributed by atoms with Crippen molar-refractivity contribution in [2.24, 2.45) is 0 Å². The maximum Gasteiger partial charge on any atom is 0.249 e. The van der Waals surface area contributed by atoms with E-state index in [1.807, 2.05) is 22.4 Å². The second-order valence-electron chi connectivity index (χ2n) is 5.16. The van der Waals surface area contributed by atoms with Crippen molar-refractivity contribution in [2.45, 2.75) is 25.4 Å². The van der Waals surface area contributed by atoms with Crippen molar-refractivity contribution < 1.29 is 14.3 Å². The van der Waals surface area contributed by atoms with Crippen LogP contribution in [0.3, 0.4) is 0 Å². The molecule has 2 aliphatic heterocycles. The number of likely N-dealkylation sites (tertiary alicyclic amines) is 1. The van der Waals surface area contributed by atoms with Gasteiger partial charge >= 0.3 is 0 Å². The van der Waals surface area contributed by atoms with Crippen molar-refractivity contribution in [1.29, 1.82) is 0 Å². The molecule has 1 atom stereocenters. The Morgan fingerprint density at radius 2 is 2.20 bits per heavy atom. The fourth-order valence-electron chi connectivity index (χ4n) is 2.73. The molecule has 2 saturated heterocycles. The van der Waals surface area contributed by atoms with Crippen LogP contribution in [0.2, 0.25) is 0 Å². The lowest BCUT2D eigenvalue weighted by Crippen LogP contribution is -2.56. The molecule has 3 rings (SSSR count). The normalized spacial score (nSPS) is 23.4. The summed E-state index contributed by atoms with van der Waals surface area (Å²) in [6.45, 7) is 2.50. The zero-order chi connectivity index (χ0) is 13.9. The van der Waals surface area contributed by atoms with E-state index in [0.717, 1.165) is 30.8 Å². The fraction of sp³-hybridized carbons (Fsp3) is 0.571. The molecule has 1 aromatic heterocycles. The van der Waals surface area contributed by atoms with Crippen LogP contribution in [-0.4, -0.2) is 54.0 Å². The zero-order valence-electron chi connectivity index (χ0n) is 11.3. The number of rotatable bonds is 3. The summed E-state index contributed by atoms with van der Waals surface area (Å²) in [6.07, 6.45) is 2.11. The number of carbonyl (C=O) groups excluding carboxylic acids is 2. The van der Waals surface area contributed by atoms with Gasteiger partial charge in [0.1, 0.15) is 12.6 Å². The molecular weight excluding hydrogens is 276 g/mol. The van der Waals surface area contributed by atoms with E-state index in [2.05, 4.69) is 0 Å². The molecule has 0 aliphatic carbocycles. The van der Waals surface area contributed by atoms with Gasteiger partial charge in [-0.25, -0.2) is 0 Å². The van der Waals surface area contributed by atoms with Crippen molar-refractivity contribution in [3.8, 4) is 0 Å². The molecular formula is C14H18N2O3S. The van der Waals surface area contributed by atoms with Crippen molar-refractivity contribution >= 4 is 23.2 Å². The smallest absolute Gasteiger partial charge is 0.249 e. The molecule has 0 aromatic carbocycles. The van der Waals surface area contributed by atoms with Gasteiger partial charge in [-0.3, -0.25) is 9.59 Å². The average molecular weight is 294 g/mol. The molecule has 0 spiro atoms. The molecule has 0 N–H and O–H groups in total. The summed E-state index contributed by atoms with van der Waals surface area (Å²) in [5, 5.41) is 1.98. The molecule has 2 amide bonds. The van der Waals surface area contributed by atoms with E-state index in [1.54, 1.807) is 16.2 Å². The molecule has 0 radical (unpaired) electrons. The lowest BCUT2D eigenvalue weighted by atomic mass is 10.2. The molecule has 2 aliphatic rings. The monoisotopic (exact) mass is 294 g/mol. The first-order valence-corrected chi connectivity index (χ1v) is 7.82. The standard InChI is InChI=1S/C14H18N2O3S/c17-13-10-19-9-12(14(18)15-5-1-2-6-15)16(13)8-11-4-3-7-20-11/h3-4,7,12H,1-2,5-6,8-10H2/t12-/m1/s1. The Hall–Kier alpha value is -1.40. The van der Waals surface area contributed by atoms with Crippen LogP contribution in [0, 0.1) is 0 Å². The summed E-state index contributed by atoms with van der Waals surface area (Å²) in [6, 6.07) is 3.49. The van der Waals surface area contributed by atoms with Crippen LogP contribution in [0.5, 0.6) is 0 Å². The highest BCUT2D eigenvalue weighted by Crippen LogP contribution is 2.20. The molecule has 20 heavy (non-hydrogen) atoms. The van der Waals surface area contributed by atoms with E-state index in [4.69, 9.17) is 4.74 Å². The zero-order valence-corrected chi connectivity index (χ0v) is 12.1. The van der Waals surface area contributed by atoms with E-state index < -0.39 is 6.04 Å². The van der Waals surface area contributed by atoms with Crippen molar-refractivity contribution in [3.63, 3.8) is 0 Å². The van der Waals surface area contributed by atoms with E-state index in [-0.39, 0.29) is 18.4 Å². The van der Waals surface area contributed by atoms with E-state index in [0.29, 0.717) is 13.2 Å². The summed E-state index contributed by atoms with van der Waals surface area (Å²) < 4.78 is 5.29. The third-order valence-corrected chi connectivity index (χ3v) is 4.67. The topological polar surface area (TPSA) is 49.9 Å². The van der Waals surface area contributed by atoms with Crippen LogP contribution >= 0.6 is 11.3 Å². The third kappa shape index (κ3) is 2.71. The van der Waals surface area contributed by atoms with Gasteiger partial charge in [-0.05, 0) is 24.3 Å². The maximum absolute atomic E-state index is 12.5. The third-order valence-electron chi connectivity index (χ3n) is 3.81. The van der Waals surface area contributed by atoms with E-state index in [9.17, 15) is 9.59 Å². The van der Waals surface area contributed by atoms with E-state index >= 15 is 0 Å². The van der Waals surface area contributed by atoms with Crippen molar-refractivity contribution in [2.75, 3.05) is 26.3 Å². The minimum Gasteiger partial charge on any atom is -0.369 e. The maximum atomic E-state index is 12.5. The highest BCUT2D eigenvalue weighted by Gasteiger charge is 2.37. The number of morpholine rings is 1. The van der Waals surface area contributed by atoms with Gasteiger partial charge in [-0.15, -0.1) is 11.3 Å². The molecule has 2 fully saturated rings. The summed E-state index contributed by atoms with van der Waals surface area (Å²) in [7, 11) is 0. The summed E-state index contributed by atoms with van der Waals surface area (Å²) in [5.74, 6) is -0.0608. The minimum absolute atomic E-state index is 0.0344. The number of thiophene rings is 1. The fourth-order valence-corrected chi connectivity index (χ4v) is 3.43. The first-order chi connectivity index (χ1) is 9.75. The Balaban J connectivity index is 1.75. The SMILES string of the molecule is O=C([C@H]1COCC(=O)N1Cc1cccs1)N1CCCC1. The van der Waals surface area contributed by atoms with Gasteiger partial charge in [-0.1, -0.05) is 6.07 Å². The molecule has 0 unspecified atom stereocenters. The minimum atomic E-state index is -0.462. The second kappa shape index (κ2) is 5.93. The molecule has 108 valence electrons. The lowest BCUT2D eigenvalue weighted by Gasteiger charge is -2.36. The summed E-state index contributed by atoms with van der Waals surface area (Å²) >= 11 is 1.61. The predicted octanol–water partition coefficient (Wildman–Crippen LogP) is 1.10. The van der Waals surface area contributed by atoms with Gasteiger partial charge in [0, 0.05) is 18.0 Å². The van der Waals surface area contributed by atoms with Crippen LogP contribution < -0.4 is 0 Å². The summed E-state index contributed by atoms with van der Waals surface area (Å²) in [4.78, 5) is 29.3. The molecule has 0 saturated carbocycles. The second-order valence-corrected chi connectivity index (χ2v) is 6.20. The number of hydrogen-bond donors (Lipinski definition) is 0. The Labute approximate surface area is 122 Å². The van der Waals surface area contributed by atoms with Crippen LogP contribution in [0.15, 0.2) is 17.5 Å². The number of hydrogen-bond acceptors (Lipinski definition) is 4. The first-order valence-electron chi connectivity index (χ1n) is 6.94. The number of carbonyl (C=O) groups is 2. The van der Waals surface area contributed by atoms with Crippen LogP contribution in [-0.2, 0) is 20.9 Å². The Bertz CT molecular complexity index is 483. The number of ether oxygens (including phenoxy) is 1. The highest BCUT2D eigenvalue weighted by atomic mass is 32.1. The van der Waals surface area contributed by atoms with Crippen LogP contribution in [0.1, 0.15) is 17.7 Å². The highest BCUT2D eigenvalue weighted by molar-refractivity contribution is 7.09. The molecule has 3 heterocycles. The number of nitrogens with zero attached hydrogens (tertiary/aromatic N) is 2.